The zero-order valence-electron chi connectivity index (χ0n) is 11.2. The molecule has 20 heavy (non-hydrogen) atoms. The zero-order chi connectivity index (χ0) is 14.4. The number of hydrogen-bond donors (Lipinski definition) is 2. The molecule has 2 N–H and O–H groups in total. The summed E-state index contributed by atoms with van der Waals surface area (Å²) in [4.78, 5) is 16.4. The molecule has 0 aliphatic rings. The number of thioether (sulfide) groups is 1. The van der Waals surface area contributed by atoms with Crippen molar-refractivity contribution in [2.45, 2.75) is 18.4 Å². The van der Waals surface area contributed by atoms with Gasteiger partial charge in [0.2, 0.25) is 0 Å². The van der Waals surface area contributed by atoms with Gasteiger partial charge in [0.1, 0.15) is 10.8 Å². The van der Waals surface area contributed by atoms with Crippen LogP contribution in [0.4, 0.5) is 5.69 Å². The van der Waals surface area contributed by atoms with Crippen molar-refractivity contribution in [2.75, 3.05) is 11.1 Å². The lowest BCUT2D eigenvalue weighted by Crippen LogP contribution is -2.13. The highest BCUT2D eigenvalue weighted by molar-refractivity contribution is 7.99. The Kier molecular flexibility index (Phi) is 5.01. The van der Waals surface area contributed by atoms with Crippen molar-refractivity contribution >= 4 is 23.4 Å². The molecular formula is C15H16N2O2S. The van der Waals surface area contributed by atoms with E-state index in [0.29, 0.717) is 5.69 Å². The average molecular weight is 288 g/mol. The number of phenolic OH excluding ortho intramolecular Hbond substituents is 1. The summed E-state index contributed by atoms with van der Waals surface area (Å²) in [5.74, 6) is 0.572. The topological polar surface area (TPSA) is 62.2 Å². The van der Waals surface area contributed by atoms with Gasteiger partial charge in [-0.15, -0.1) is 11.8 Å². The van der Waals surface area contributed by atoms with Gasteiger partial charge in [0.05, 0.1) is 11.3 Å². The van der Waals surface area contributed by atoms with Crippen LogP contribution in [0.1, 0.15) is 23.7 Å². The molecule has 2 aromatic rings. The molecule has 0 radical (unpaired) electrons. The molecule has 104 valence electrons. The van der Waals surface area contributed by atoms with E-state index in [1.165, 1.54) is 6.07 Å². The van der Waals surface area contributed by atoms with Crippen molar-refractivity contribution < 1.29 is 9.90 Å². The molecule has 0 atom stereocenters. The number of pyridine rings is 1. The molecule has 2 rings (SSSR count). The normalized spacial score (nSPS) is 10.2. The number of aromatic hydroxyl groups is 1. The van der Waals surface area contributed by atoms with Gasteiger partial charge in [-0.2, -0.15) is 0 Å². The number of nitrogens with one attached hydrogen (secondary N) is 1. The van der Waals surface area contributed by atoms with Crippen LogP contribution in [0.2, 0.25) is 0 Å². The Labute approximate surface area is 122 Å². The molecule has 0 aliphatic carbocycles. The Morgan fingerprint density at radius 1 is 1.30 bits per heavy atom. The van der Waals surface area contributed by atoms with Gasteiger partial charge in [0.15, 0.2) is 0 Å². The first-order chi connectivity index (χ1) is 9.72. The molecule has 0 aliphatic heterocycles. The van der Waals surface area contributed by atoms with Crippen molar-refractivity contribution in [3.05, 3.63) is 48.2 Å². The number of phenols is 1. The molecule has 0 bridgehead atoms. The second kappa shape index (κ2) is 6.96. The van der Waals surface area contributed by atoms with Gasteiger partial charge < -0.3 is 10.4 Å². The zero-order valence-corrected chi connectivity index (χ0v) is 12.0. The highest BCUT2D eigenvalue weighted by Gasteiger charge is 2.12. The smallest absolute Gasteiger partial charge is 0.259 e. The SMILES string of the molecule is CCCSc1ncccc1NC(=O)c1ccccc1O. The van der Waals surface area contributed by atoms with Crippen molar-refractivity contribution in [3.8, 4) is 5.75 Å². The second-order valence-electron chi connectivity index (χ2n) is 4.18. The summed E-state index contributed by atoms with van der Waals surface area (Å²) >= 11 is 1.60. The minimum Gasteiger partial charge on any atom is -0.507 e. The molecule has 1 heterocycles. The highest BCUT2D eigenvalue weighted by Crippen LogP contribution is 2.26. The maximum atomic E-state index is 12.2. The number of nitrogens with zero attached hydrogens (tertiary/aromatic N) is 1. The van der Waals surface area contributed by atoms with E-state index in [1.807, 2.05) is 6.07 Å². The summed E-state index contributed by atoms with van der Waals surface area (Å²) in [6.07, 6.45) is 2.74. The predicted octanol–water partition coefficient (Wildman–Crippen LogP) is 3.54. The minimum atomic E-state index is -0.338. The van der Waals surface area contributed by atoms with Gasteiger partial charge in [-0.1, -0.05) is 19.1 Å². The second-order valence-corrected chi connectivity index (χ2v) is 5.26. The molecule has 0 saturated heterocycles. The van der Waals surface area contributed by atoms with E-state index in [-0.39, 0.29) is 17.2 Å². The fraction of sp³-hybridized carbons (Fsp3) is 0.200. The Morgan fingerprint density at radius 2 is 2.10 bits per heavy atom. The number of aromatic nitrogens is 1. The van der Waals surface area contributed by atoms with E-state index in [1.54, 1.807) is 42.2 Å². The number of rotatable bonds is 5. The largest absolute Gasteiger partial charge is 0.507 e. The number of hydrogen-bond acceptors (Lipinski definition) is 4. The molecule has 1 amide bonds. The summed E-state index contributed by atoms with van der Waals surface area (Å²) in [5.41, 5.74) is 0.919. The highest BCUT2D eigenvalue weighted by atomic mass is 32.2. The van der Waals surface area contributed by atoms with Crippen molar-refractivity contribution in [1.82, 2.24) is 4.98 Å². The molecule has 4 nitrogen and oxygen atoms in total. The van der Waals surface area contributed by atoms with Crippen LogP contribution < -0.4 is 5.32 Å². The van der Waals surface area contributed by atoms with Crippen LogP contribution in [0, 0.1) is 0 Å². The van der Waals surface area contributed by atoms with Crippen molar-refractivity contribution in [1.29, 1.82) is 0 Å². The van der Waals surface area contributed by atoms with E-state index in [4.69, 9.17) is 0 Å². The van der Waals surface area contributed by atoms with E-state index in [2.05, 4.69) is 17.2 Å². The van der Waals surface area contributed by atoms with E-state index in [0.717, 1.165) is 17.2 Å². The lowest BCUT2D eigenvalue weighted by atomic mass is 10.2. The van der Waals surface area contributed by atoms with Crippen molar-refractivity contribution in [2.24, 2.45) is 0 Å². The molecule has 0 unspecified atom stereocenters. The third-order valence-electron chi connectivity index (χ3n) is 2.61. The van der Waals surface area contributed by atoms with Gasteiger partial charge >= 0.3 is 0 Å². The van der Waals surface area contributed by atoms with Gasteiger partial charge in [-0.25, -0.2) is 4.98 Å². The minimum absolute atomic E-state index is 0.0309. The fourth-order valence-electron chi connectivity index (χ4n) is 1.66. The molecule has 0 saturated carbocycles. The fourth-order valence-corrected chi connectivity index (χ4v) is 2.46. The van der Waals surface area contributed by atoms with Crippen LogP contribution in [0.15, 0.2) is 47.6 Å². The van der Waals surface area contributed by atoms with E-state index >= 15 is 0 Å². The maximum absolute atomic E-state index is 12.2. The third kappa shape index (κ3) is 3.51. The Hall–Kier alpha value is -2.01. The quantitative estimate of drug-likeness (QED) is 0.826. The summed E-state index contributed by atoms with van der Waals surface area (Å²) in [5, 5.41) is 13.3. The number of carbonyl (C=O) groups excluding carboxylic acids is 1. The maximum Gasteiger partial charge on any atom is 0.259 e. The van der Waals surface area contributed by atoms with Gasteiger partial charge in [-0.05, 0) is 36.4 Å². The molecule has 0 fully saturated rings. The first-order valence-electron chi connectivity index (χ1n) is 6.39. The summed E-state index contributed by atoms with van der Waals surface area (Å²) in [6.45, 7) is 2.09. The van der Waals surface area contributed by atoms with Crippen LogP contribution in [-0.2, 0) is 0 Å². The number of carbonyl (C=O) groups is 1. The van der Waals surface area contributed by atoms with Crippen LogP contribution in [0.3, 0.4) is 0 Å². The van der Waals surface area contributed by atoms with Crippen LogP contribution in [0.25, 0.3) is 0 Å². The monoisotopic (exact) mass is 288 g/mol. The van der Waals surface area contributed by atoms with Crippen LogP contribution >= 0.6 is 11.8 Å². The Balaban J connectivity index is 2.18. The summed E-state index contributed by atoms with van der Waals surface area (Å²) < 4.78 is 0. The number of para-hydroxylation sites is 1. The van der Waals surface area contributed by atoms with Crippen LogP contribution in [0.5, 0.6) is 5.75 Å². The summed E-state index contributed by atoms with van der Waals surface area (Å²) in [6, 6.07) is 10.0. The average Bonchev–Trinajstić information content (AvgIpc) is 2.46. The van der Waals surface area contributed by atoms with Crippen LogP contribution in [-0.4, -0.2) is 21.8 Å². The number of anilines is 1. The van der Waals surface area contributed by atoms with Gasteiger partial charge in [0.25, 0.3) is 5.91 Å². The lowest BCUT2D eigenvalue weighted by molar-refractivity contribution is 0.102. The summed E-state index contributed by atoms with van der Waals surface area (Å²) in [7, 11) is 0. The van der Waals surface area contributed by atoms with E-state index < -0.39 is 0 Å². The van der Waals surface area contributed by atoms with Gasteiger partial charge in [-0.3, -0.25) is 4.79 Å². The number of benzene rings is 1. The van der Waals surface area contributed by atoms with Gasteiger partial charge in [0, 0.05) is 6.20 Å². The first kappa shape index (κ1) is 14.4. The van der Waals surface area contributed by atoms with Crippen molar-refractivity contribution in [3.63, 3.8) is 0 Å². The Bertz CT molecular complexity index is 602. The predicted molar refractivity (Wildman–Crippen MR) is 81.3 cm³/mol. The lowest BCUT2D eigenvalue weighted by Gasteiger charge is -2.10. The third-order valence-corrected chi connectivity index (χ3v) is 3.82. The number of amides is 1. The molecule has 0 spiro atoms. The molecule has 5 heteroatoms. The molecule has 1 aromatic carbocycles. The molecular weight excluding hydrogens is 272 g/mol. The molecule has 1 aromatic heterocycles. The Morgan fingerprint density at radius 3 is 2.85 bits per heavy atom. The standard InChI is InChI=1S/C15H16N2O2S/c1-2-10-20-15-12(7-5-9-16-15)17-14(19)11-6-3-4-8-13(11)18/h3-9,18H,2,10H2,1H3,(H,17,19). The first-order valence-corrected chi connectivity index (χ1v) is 7.38. The van der Waals surface area contributed by atoms with E-state index in [9.17, 15) is 9.90 Å².